The summed E-state index contributed by atoms with van der Waals surface area (Å²) in [7, 11) is 1.89. The highest BCUT2D eigenvalue weighted by Crippen LogP contribution is 2.25. The monoisotopic (exact) mass is 474 g/mol. The van der Waals surface area contributed by atoms with Gasteiger partial charge in [0.2, 0.25) is 5.88 Å². The van der Waals surface area contributed by atoms with Gasteiger partial charge < -0.3 is 19.7 Å². The molecular weight excluding hydrogens is 448 g/mol. The van der Waals surface area contributed by atoms with Gasteiger partial charge in [-0.2, -0.15) is 4.98 Å². The van der Waals surface area contributed by atoms with Crippen molar-refractivity contribution in [3.63, 3.8) is 0 Å². The maximum absolute atomic E-state index is 11.6. The van der Waals surface area contributed by atoms with Crippen molar-refractivity contribution < 1.29 is 19.1 Å². The summed E-state index contributed by atoms with van der Waals surface area (Å²) in [5.41, 5.74) is 2.09. The van der Waals surface area contributed by atoms with Crippen LogP contribution >= 0.6 is 0 Å². The smallest absolute Gasteiger partial charge is 0.412 e. The molecule has 0 unspecified atom stereocenters. The molecule has 10 nitrogen and oxygen atoms in total. The number of amides is 1. The maximum atomic E-state index is 11.6. The van der Waals surface area contributed by atoms with Crippen LogP contribution in [0, 0.1) is 12.3 Å². The fraction of sp³-hybridized carbons (Fsp3) is 0.240. The van der Waals surface area contributed by atoms with Gasteiger partial charge in [-0.15, -0.1) is 6.42 Å². The van der Waals surface area contributed by atoms with Gasteiger partial charge >= 0.3 is 6.09 Å². The number of nitrogens with zero attached hydrogens (tertiary/aromatic N) is 4. The van der Waals surface area contributed by atoms with E-state index in [1.807, 2.05) is 36.2 Å². The van der Waals surface area contributed by atoms with Crippen molar-refractivity contribution in [3.8, 4) is 35.2 Å². The van der Waals surface area contributed by atoms with Gasteiger partial charge in [-0.05, 0) is 43.3 Å². The first kappa shape index (κ1) is 25.1. The van der Waals surface area contributed by atoms with Gasteiger partial charge in [0.15, 0.2) is 12.4 Å². The van der Waals surface area contributed by atoms with E-state index in [2.05, 4.69) is 31.5 Å². The van der Waals surface area contributed by atoms with Crippen molar-refractivity contribution in [2.24, 2.45) is 0 Å². The topological polar surface area (TPSA) is 119 Å². The number of likely N-dealkylation sites (N-methyl/N-ethyl adjacent to an activating group) is 1. The molecule has 0 aliphatic carbocycles. The van der Waals surface area contributed by atoms with Gasteiger partial charge in [0.25, 0.3) is 0 Å². The first-order valence-electron chi connectivity index (χ1n) is 10.8. The van der Waals surface area contributed by atoms with Gasteiger partial charge in [0, 0.05) is 25.7 Å². The van der Waals surface area contributed by atoms with E-state index in [-0.39, 0.29) is 12.4 Å². The Bertz CT molecular complexity index is 1180. The van der Waals surface area contributed by atoms with Crippen molar-refractivity contribution in [2.75, 3.05) is 43.5 Å². The van der Waals surface area contributed by atoms with Crippen molar-refractivity contribution in [2.45, 2.75) is 6.92 Å². The molecule has 1 amide bonds. The predicted octanol–water partition coefficient (Wildman–Crippen LogP) is 3.13. The zero-order valence-electron chi connectivity index (χ0n) is 19.5. The fourth-order valence-electron chi connectivity index (χ4n) is 2.91. The van der Waals surface area contributed by atoms with Crippen LogP contribution in [-0.2, 0) is 9.53 Å². The van der Waals surface area contributed by atoms with Crippen molar-refractivity contribution >= 4 is 23.4 Å². The zero-order chi connectivity index (χ0) is 25.0. The summed E-state index contributed by atoms with van der Waals surface area (Å²) in [6.07, 6.45) is 9.15. The van der Waals surface area contributed by atoms with E-state index >= 15 is 0 Å². The van der Waals surface area contributed by atoms with E-state index in [1.165, 1.54) is 6.20 Å². The summed E-state index contributed by atoms with van der Waals surface area (Å²) in [6.45, 7) is 3.09. The van der Waals surface area contributed by atoms with Gasteiger partial charge in [-0.1, -0.05) is 5.92 Å². The number of Topliss-reactive ketones (excluding diaryl/α,β-unsaturated/α-hetero) is 1. The summed E-state index contributed by atoms with van der Waals surface area (Å²) < 4.78 is 10.6. The Labute approximate surface area is 203 Å². The lowest BCUT2D eigenvalue weighted by Gasteiger charge is -2.18. The van der Waals surface area contributed by atoms with Crippen LogP contribution in [0.25, 0.3) is 11.3 Å². The number of anilines is 2. The highest BCUT2D eigenvalue weighted by Gasteiger charge is 2.08. The minimum absolute atomic E-state index is 0.0947. The van der Waals surface area contributed by atoms with Crippen LogP contribution in [-0.4, -0.2) is 60.1 Å². The molecule has 0 bridgehead atoms. The Morgan fingerprint density at radius 3 is 2.60 bits per heavy atom. The van der Waals surface area contributed by atoms with Crippen LogP contribution in [0.1, 0.15) is 6.92 Å². The van der Waals surface area contributed by atoms with Crippen molar-refractivity contribution in [3.05, 3.63) is 55.0 Å². The summed E-state index contributed by atoms with van der Waals surface area (Å²) in [4.78, 5) is 37.6. The minimum atomic E-state index is -0.637. The molecule has 0 atom stereocenters. The molecule has 35 heavy (non-hydrogen) atoms. The van der Waals surface area contributed by atoms with E-state index in [9.17, 15) is 9.59 Å². The highest BCUT2D eigenvalue weighted by atomic mass is 16.5. The van der Waals surface area contributed by atoms with Gasteiger partial charge in [-0.25, -0.2) is 4.79 Å². The molecule has 3 aromatic rings. The standard InChI is InChI=1S/C25H26N6O4/c1-4-13-34-25(33)29-20-7-10-22(28-15-20)19-5-8-21(9-6-19)35-24-17-27-16-23(30-24)31(3)12-11-26-14-18(2)32/h1,5-10,15-17,26H,11-14H2,2-3H3,(H,29,33). The lowest BCUT2D eigenvalue weighted by Crippen LogP contribution is -2.32. The first-order valence-corrected chi connectivity index (χ1v) is 10.8. The third-order valence-corrected chi connectivity index (χ3v) is 4.66. The predicted molar refractivity (Wildman–Crippen MR) is 132 cm³/mol. The van der Waals surface area contributed by atoms with E-state index in [1.54, 1.807) is 31.5 Å². The Kier molecular flexibility index (Phi) is 9.10. The molecule has 2 N–H and O–H groups in total. The Balaban J connectivity index is 1.57. The Hall–Kier alpha value is -4.49. The number of benzene rings is 1. The molecule has 0 aliphatic heterocycles. The quantitative estimate of drug-likeness (QED) is 0.319. The van der Waals surface area contributed by atoms with Gasteiger partial charge in [-0.3, -0.25) is 20.1 Å². The molecule has 0 spiro atoms. The van der Waals surface area contributed by atoms with Crippen LogP contribution in [0.5, 0.6) is 11.6 Å². The van der Waals surface area contributed by atoms with E-state index in [0.717, 1.165) is 11.3 Å². The average Bonchev–Trinajstić information content (AvgIpc) is 2.86. The second kappa shape index (κ2) is 12.7. The number of nitrogens with one attached hydrogen (secondary N) is 2. The van der Waals surface area contributed by atoms with Crippen LogP contribution < -0.4 is 20.3 Å². The summed E-state index contributed by atoms with van der Waals surface area (Å²) in [6, 6.07) is 10.9. The molecule has 10 heteroatoms. The number of rotatable bonds is 11. The number of aromatic nitrogens is 3. The number of ketones is 1. The van der Waals surface area contributed by atoms with Crippen molar-refractivity contribution in [1.29, 1.82) is 0 Å². The lowest BCUT2D eigenvalue weighted by atomic mass is 10.1. The normalized spacial score (nSPS) is 10.2. The number of carbonyl (C=O) groups excluding carboxylic acids is 2. The number of terminal acetylenes is 1. The fourth-order valence-corrected chi connectivity index (χ4v) is 2.91. The first-order chi connectivity index (χ1) is 16.9. The summed E-state index contributed by atoms with van der Waals surface area (Å²) in [5.74, 6) is 3.94. The average molecular weight is 475 g/mol. The maximum Gasteiger partial charge on any atom is 0.412 e. The second-order valence-electron chi connectivity index (χ2n) is 7.48. The second-order valence-corrected chi connectivity index (χ2v) is 7.48. The number of hydrogen-bond acceptors (Lipinski definition) is 9. The molecule has 0 saturated carbocycles. The number of hydrogen-bond donors (Lipinski definition) is 2. The molecule has 2 aromatic heterocycles. The molecule has 0 radical (unpaired) electrons. The number of ether oxygens (including phenoxy) is 2. The molecule has 3 rings (SSSR count). The zero-order valence-corrected chi connectivity index (χ0v) is 19.5. The third kappa shape index (κ3) is 8.10. The van der Waals surface area contributed by atoms with E-state index < -0.39 is 6.09 Å². The SMILES string of the molecule is C#CCOC(=O)Nc1ccc(-c2ccc(Oc3cncc(N(C)CCNCC(C)=O)n3)cc2)nc1. The highest BCUT2D eigenvalue weighted by molar-refractivity contribution is 5.84. The summed E-state index contributed by atoms with van der Waals surface area (Å²) >= 11 is 0. The molecule has 2 heterocycles. The van der Waals surface area contributed by atoms with E-state index in [4.69, 9.17) is 15.9 Å². The molecule has 0 aliphatic rings. The number of pyridine rings is 1. The van der Waals surface area contributed by atoms with E-state index in [0.29, 0.717) is 42.8 Å². The molecule has 0 saturated heterocycles. The van der Waals surface area contributed by atoms with Crippen LogP contribution in [0.2, 0.25) is 0 Å². The third-order valence-electron chi connectivity index (χ3n) is 4.66. The Morgan fingerprint density at radius 1 is 1.11 bits per heavy atom. The van der Waals surface area contributed by atoms with Crippen LogP contribution in [0.4, 0.5) is 16.3 Å². The van der Waals surface area contributed by atoms with Crippen LogP contribution in [0.15, 0.2) is 55.0 Å². The van der Waals surface area contributed by atoms with Gasteiger partial charge in [0.1, 0.15) is 11.5 Å². The summed E-state index contributed by atoms with van der Waals surface area (Å²) in [5, 5.41) is 5.62. The molecular formula is C25H26N6O4. The Morgan fingerprint density at radius 2 is 1.91 bits per heavy atom. The van der Waals surface area contributed by atoms with Crippen molar-refractivity contribution in [1.82, 2.24) is 20.3 Å². The minimum Gasteiger partial charge on any atom is -0.437 e. The lowest BCUT2D eigenvalue weighted by molar-refractivity contribution is -0.116. The number of carbonyl (C=O) groups is 2. The van der Waals surface area contributed by atoms with Gasteiger partial charge in [0.05, 0.1) is 36.5 Å². The van der Waals surface area contributed by atoms with Crippen LogP contribution in [0.3, 0.4) is 0 Å². The molecule has 180 valence electrons. The molecule has 1 aromatic carbocycles. The molecule has 0 fully saturated rings. The largest absolute Gasteiger partial charge is 0.437 e.